The van der Waals surface area contributed by atoms with E-state index in [-0.39, 0.29) is 17.7 Å². The molecule has 1 N–H and O–H groups in total. The first-order valence-electron chi connectivity index (χ1n) is 9.90. The van der Waals surface area contributed by atoms with Crippen LogP contribution < -0.4 is 14.8 Å². The maximum atomic E-state index is 12.7. The summed E-state index contributed by atoms with van der Waals surface area (Å²) in [5.74, 6) is 1.29. The summed E-state index contributed by atoms with van der Waals surface area (Å²) in [6.45, 7) is 1.04. The minimum Gasteiger partial charge on any atom is -0.497 e. The van der Waals surface area contributed by atoms with Crippen molar-refractivity contribution in [1.29, 1.82) is 0 Å². The molecule has 31 heavy (non-hydrogen) atoms. The predicted octanol–water partition coefficient (Wildman–Crippen LogP) is 3.91. The second-order valence-electron chi connectivity index (χ2n) is 7.14. The summed E-state index contributed by atoms with van der Waals surface area (Å²) >= 11 is 1.36. The zero-order chi connectivity index (χ0) is 21.8. The molecule has 3 aromatic rings. The summed E-state index contributed by atoms with van der Waals surface area (Å²) in [4.78, 5) is 31.3. The second-order valence-corrected chi connectivity index (χ2v) is 8.00. The van der Waals surface area contributed by atoms with Gasteiger partial charge in [-0.1, -0.05) is 0 Å². The molecule has 1 saturated heterocycles. The van der Waals surface area contributed by atoms with Crippen molar-refractivity contribution in [2.24, 2.45) is 5.92 Å². The molecule has 1 fully saturated rings. The molecule has 2 amide bonds. The van der Waals surface area contributed by atoms with Gasteiger partial charge in [-0.2, -0.15) is 0 Å². The molecule has 0 spiro atoms. The summed E-state index contributed by atoms with van der Waals surface area (Å²) < 4.78 is 15.9. The Morgan fingerprint density at radius 2 is 2.00 bits per heavy atom. The van der Waals surface area contributed by atoms with Gasteiger partial charge in [0.1, 0.15) is 11.5 Å². The van der Waals surface area contributed by atoms with E-state index < -0.39 is 0 Å². The van der Waals surface area contributed by atoms with Crippen molar-refractivity contribution >= 4 is 28.3 Å². The Balaban J connectivity index is 1.36. The number of anilines is 1. The molecule has 4 rings (SSSR count). The fourth-order valence-electron chi connectivity index (χ4n) is 3.57. The molecule has 0 radical (unpaired) electrons. The van der Waals surface area contributed by atoms with E-state index in [0.29, 0.717) is 48.3 Å². The number of nitrogens with zero attached hydrogens (tertiary/aromatic N) is 2. The van der Waals surface area contributed by atoms with Gasteiger partial charge in [-0.15, -0.1) is 11.3 Å². The van der Waals surface area contributed by atoms with Gasteiger partial charge in [0.05, 0.1) is 26.2 Å². The molecule has 162 valence electrons. The van der Waals surface area contributed by atoms with Gasteiger partial charge < -0.3 is 24.1 Å². The standard InChI is InChI=1S/C22H23N3O5S/c1-28-15-5-6-16(19(12-15)29-2)17-13-31-22(23-17)24-20(26)14-7-9-25(10-8-14)21(27)18-4-3-11-30-18/h3-6,11-14H,7-10H2,1-2H3,(H,23,24,26). The molecule has 1 aliphatic heterocycles. The summed E-state index contributed by atoms with van der Waals surface area (Å²) in [6.07, 6.45) is 2.68. The summed E-state index contributed by atoms with van der Waals surface area (Å²) in [7, 11) is 3.19. The van der Waals surface area contributed by atoms with Crippen LogP contribution in [0.2, 0.25) is 0 Å². The van der Waals surface area contributed by atoms with Gasteiger partial charge in [0.15, 0.2) is 10.9 Å². The first-order valence-corrected chi connectivity index (χ1v) is 10.8. The van der Waals surface area contributed by atoms with Gasteiger partial charge in [0.25, 0.3) is 5.91 Å². The molecule has 8 nitrogen and oxygen atoms in total. The van der Waals surface area contributed by atoms with E-state index in [1.165, 1.54) is 17.6 Å². The Morgan fingerprint density at radius 3 is 2.68 bits per heavy atom. The fraction of sp³-hybridized carbons (Fsp3) is 0.318. The van der Waals surface area contributed by atoms with Crippen LogP contribution in [0.5, 0.6) is 11.5 Å². The number of hydrogen-bond acceptors (Lipinski definition) is 7. The van der Waals surface area contributed by atoms with Crippen LogP contribution in [-0.2, 0) is 4.79 Å². The number of furan rings is 1. The van der Waals surface area contributed by atoms with Crippen LogP contribution >= 0.6 is 11.3 Å². The van der Waals surface area contributed by atoms with Crippen molar-refractivity contribution < 1.29 is 23.5 Å². The number of hydrogen-bond donors (Lipinski definition) is 1. The number of aromatic nitrogens is 1. The molecule has 1 aliphatic rings. The van der Waals surface area contributed by atoms with Crippen LogP contribution in [0.1, 0.15) is 23.4 Å². The quantitative estimate of drug-likeness (QED) is 0.623. The molecule has 3 heterocycles. The number of rotatable bonds is 6. The lowest BCUT2D eigenvalue weighted by Gasteiger charge is -2.30. The molecule has 0 saturated carbocycles. The number of likely N-dealkylation sites (tertiary alicyclic amines) is 1. The highest BCUT2D eigenvalue weighted by atomic mass is 32.1. The molecule has 1 aromatic carbocycles. The van der Waals surface area contributed by atoms with Crippen molar-refractivity contribution in [2.75, 3.05) is 32.6 Å². The number of thiazole rings is 1. The summed E-state index contributed by atoms with van der Waals surface area (Å²) in [6, 6.07) is 8.86. The smallest absolute Gasteiger partial charge is 0.289 e. The Morgan fingerprint density at radius 1 is 1.19 bits per heavy atom. The van der Waals surface area contributed by atoms with E-state index in [9.17, 15) is 9.59 Å². The van der Waals surface area contributed by atoms with Gasteiger partial charge in [-0.05, 0) is 37.1 Å². The van der Waals surface area contributed by atoms with Crippen molar-refractivity contribution in [2.45, 2.75) is 12.8 Å². The number of carbonyl (C=O) groups excluding carboxylic acids is 2. The zero-order valence-corrected chi connectivity index (χ0v) is 18.1. The highest BCUT2D eigenvalue weighted by molar-refractivity contribution is 7.14. The lowest BCUT2D eigenvalue weighted by atomic mass is 9.96. The van der Waals surface area contributed by atoms with E-state index in [1.807, 2.05) is 17.5 Å². The number of ether oxygens (including phenoxy) is 2. The molecule has 0 aliphatic carbocycles. The minimum absolute atomic E-state index is 0.0762. The average Bonchev–Trinajstić information content (AvgIpc) is 3.51. The largest absolute Gasteiger partial charge is 0.497 e. The van der Waals surface area contributed by atoms with Gasteiger partial charge >= 0.3 is 0 Å². The van der Waals surface area contributed by atoms with E-state index >= 15 is 0 Å². The lowest BCUT2D eigenvalue weighted by molar-refractivity contribution is -0.121. The molecule has 9 heteroatoms. The summed E-state index contributed by atoms with van der Waals surface area (Å²) in [5.41, 5.74) is 1.54. The highest BCUT2D eigenvalue weighted by Gasteiger charge is 2.29. The Labute approximate surface area is 183 Å². The van der Waals surface area contributed by atoms with Gasteiger partial charge in [-0.25, -0.2) is 4.98 Å². The first kappa shape index (κ1) is 20.9. The van der Waals surface area contributed by atoms with Crippen LogP contribution in [0.4, 0.5) is 5.13 Å². The summed E-state index contributed by atoms with van der Waals surface area (Å²) in [5, 5.41) is 5.33. The maximum absolute atomic E-state index is 12.7. The van der Waals surface area contributed by atoms with Crippen LogP contribution in [-0.4, -0.2) is 49.0 Å². The van der Waals surface area contributed by atoms with E-state index in [1.54, 1.807) is 37.3 Å². The molecule has 0 bridgehead atoms. The fourth-order valence-corrected chi connectivity index (χ4v) is 4.29. The third kappa shape index (κ3) is 4.56. The number of carbonyl (C=O) groups is 2. The van der Waals surface area contributed by atoms with Crippen LogP contribution in [0.15, 0.2) is 46.4 Å². The number of nitrogens with one attached hydrogen (secondary N) is 1. The highest BCUT2D eigenvalue weighted by Crippen LogP contribution is 2.35. The van der Waals surface area contributed by atoms with Crippen LogP contribution in [0.25, 0.3) is 11.3 Å². The van der Waals surface area contributed by atoms with Gasteiger partial charge in [0.2, 0.25) is 5.91 Å². The van der Waals surface area contributed by atoms with Gasteiger partial charge in [-0.3, -0.25) is 9.59 Å². The number of piperidine rings is 1. The Hall–Kier alpha value is -3.33. The number of methoxy groups -OCH3 is 2. The van der Waals surface area contributed by atoms with Crippen molar-refractivity contribution in [1.82, 2.24) is 9.88 Å². The zero-order valence-electron chi connectivity index (χ0n) is 17.3. The van der Waals surface area contributed by atoms with E-state index in [2.05, 4.69) is 10.3 Å². The molecule has 0 atom stereocenters. The van der Waals surface area contributed by atoms with Crippen molar-refractivity contribution in [3.63, 3.8) is 0 Å². The van der Waals surface area contributed by atoms with Crippen molar-refractivity contribution in [3.05, 3.63) is 47.7 Å². The minimum atomic E-state index is -0.163. The molecule has 2 aromatic heterocycles. The molecule has 0 unspecified atom stereocenters. The lowest BCUT2D eigenvalue weighted by Crippen LogP contribution is -2.41. The second kappa shape index (κ2) is 9.22. The molecular formula is C22H23N3O5S. The van der Waals surface area contributed by atoms with Gasteiger partial charge in [0, 0.05) is 36.0 Å². The average molecular weight is 442 g/mol. The monoisotopic (exact) mass is 441 g/mol. The third-order valence-electron chi connectivity index (χ3n) is 5.30. The third-order valence-corrected chi connectivity index (χ3v) is 6.06. The molecular weight excluding hydrogens is 418 g/mol. The SMILES string of the molecule is COc1ccc(-c2csc(NC(=O)C3CCN(C(=O)c4ccco4)CC3)n2)c(OC)c1. The Bertz CT molecular complexity index is 1060. The normalized spacial score (nSPS) is 14.3. The number of amides is 2. The van der Waals surface area contributed by atoms with E-state index in [0.717, 1.165) is 11.3 Å². The first-order chi connectivity index (χ1) is 15.1. The van der Waals surface area contributed by atoms with Crippen molar-refractivity contribution in [3.8, 4) is 22.8 Å². The van der Waals surface area contributed by atoms with Crippen LogP contribution in [0.3, 0.4) is 0 Å². The number of benzene rings is 1. The topological polar surface area (TPSA) is 93.9 Å². The predicted molar refractivity (Wildman–Crippen MR) is 117 cm³/mol. The van der Waals surface area contributed by atoms with E-state index in [4.69, 9.17) is 13.9 Å². The Kier molecular flexibility index (Phi) is 6.22. The van der Waals surface area contributed by atoms with Crippen LogP contribution in [0, 0.1) is 5.92 Å². The maximum Gasteiger partial charge on any atom is 0.289 e.